The van der Waals surface area contributed by atoms with E-state index in [0.29, 0.717) is 0 Å². The third kappa shape index (κ3) is 1.01. The van der Waals surface area contributed by atoms with Crippen LogP contribution < -0.4 is 5.32 Å². The molecule has 1 N–H and O–H groups in total. The molecule has 1 atom stereocenters. The van der Waals surface area contributed by atoms with Crippen molar-refractivity contribution < 1.29 is 0 Å². The van der Waals surface area contributed by atoms with Gasteiger partial charge in [0.25, 0.3) is 0 Å². The standard InChI is InChI=1S/C9H11N/c1-2-4-9-7-10-6-5-8(9)3-1/h1-2,4,8,10H,3,5-6H2. The van der Waals surface area contributed by atoms with Gasteiger partial charge in [-0.3, -0.25) is 0 Å². The van der Waals surface area contributed by atoms with Crippen LogP contribution in [0.4, 0.5) is 0 Å². The molecule has 1 heterocycles. The number of hydrogen-bond donors (Lipinski definition) is 1. The Labute approximate surface area is 61.8 Å². The molecule has 0 aromatic rings. The molecule has 2 rings (SSSR count). The molecule has 2 radical (unpaired) electrons. The van der Waals surface area contributed by atoms with Crippen LogP contribution in [-0.4, -0.2) is 6.54 Å². The van der Waals surface area contributed by atoms with E-state index in [1.54, 1.807) is 0 Å². The van der Waals surface area contributed by atoms with Crippen molar-refractivity contribution in [2.24, 2.45) is 5.92 Å². The zero-order valence-corrected chi connectivity index (χ0v) is 5.93. The number of hydrogen-bond acceptors (Lipinski definition) is 1. The van der Waals surface area contributed by atoms with Crippen LogP contribution in [0.2, 0.25) is 0 Å². The average molecular weight is 133 g/mol. The lowest BCUT2D eigenvalue weighted by Crippen LogP contribution is -2.26. The summed E-state index contributed by atoms with van der Waals surface area (Å²) in [5.41, 5.74) is 1.36. The van der Waals surface area contributed by atoms with Crippen molar-refractivity contribution in [2.45, 2.75) is 12.8 Å². The first-order chi connectivity index (χ1) is 4.97. The molecule has 0 aromatic heterocycles. The Balaban J connectivity index is 2.14. The second kappa shape index (κ2) is 2.59. The summed E-state index contributed by atoms with van der Waals surface area (Å²) in [6.07, 6.45) is 8.98. The zero-order valence-electron chi connectivity index (χ0n) is 5.93. The molecule has 0 aromatic carbocycles. The van der Waals surface area contributed by atoms with Crippen LogP contribution in [0.3, 0.4) is 0 Å². The minimum absolute atomic E-state index is 0.756. The van der Waals surface area contributed by atoms with Gasteiger partial charge in [0.05, 0.1) is 6.54 Å². The van der Waals surface area contributed by atoms with Gasteiger partial charge in [0.15, 0.2) is 0 Å². The van der Waals surface area contributed by atoms with E-state index >= 15 is 0 Å². The maximum absolute atomic E-state index is 3.18. The van der Waals surface area contributed by atoms with Gasteiger partial charge in [-0.1, -0.05) is 18.2 Å². The second-order valence-electron chi connectivity index (χ2n) is 2.82. The fraction of sp³-hybridized carbons (Fsp3) is 0.444. The van der Waals surface area contributed by atoms with E-state index < -0.39 is 0 Å². The smallest absolute Gasteiger partial charge is 0.0892 e. The van der Waals surface area contributed by atoms with Gasteiger partial charge in [0.2, 0.25) is 0 Å². The van der Waals surface area contributed by atoms with Gasteiger partial charge >= 0.3 is 0 Å². The highest BCUT2D eigenvalue weighted by molar-refractivity contribution is 5.27. The molecule has 2 aliphatic rings. The summed E-state index contributed by atoms with van der Waals surface area (Å²) >= 11 is 0. The molecule has 0 spiro atoms. The minimum Gasteiger partial charge on any atom is -0.304 e. The van der Waals surface area contributed by atoms with E-state index in [1.807, 2.05) is 0 Å². The predicted octanol–water partition coefficient (Wildman–Crippen LogP) is 1.52. The highest BCUT2D eigenvalue weighted by Gasteiger charge is 2.18. The lowest BCUT2D eigenvalue weighted by Gasteiger charge is -2.25. The van der Waals surface area contributed by atoms with Crippen molar-refractivity contribution in [1.82, 2.24) is 5.32 Å². The Bertz CT molecular complexity index is 179. The number of piperidine rings is 1. The van der Waals surface area contributed by atoms with Crippen LogP contribution in [0.5, 0.6) is 0 Å². The normalized spacial score (nSPS) is 31.2. The quantitative estimate of drug-likeness (QED) is 0.528. The Morgan fingerprint density at radius 2 is 2.60 bits per heavy atom. The molecule has 10 heavy (non-hydrogen) atoms. The van der Waals surface area contributed by atoms with E-state index in [4.69, 9.17) is 0 Å². The molecule has 1 saturated heterocycles. The van der Waals surface area contributed by atoms with Crippen LogP contribution in [0, 0.1) is 12.5 Å². The largest absolute Gasteiger partial charge is 0.304 e. The summed E-state index contributed by atoms with van der Waals surface area (Å²) in [6, 6.07) is 0. The van der Waals surface area contributed by atoms with Crippen LogP contribution in [0.15, 0.2) is 23.8 Å². The fourth-order valence-corrected chi connectivity index (χ4v) is 1.51. The highest BCUT2D eigenvalue weighted by Crippen LogP contribution is 2.27. The molecule has 0 amide bonds. The lowest BCUT2D eigenvalue weighted by atomic mass is 9.86. The van der Waals surface area contributed by atoms with Gasteiger partial charge in [-0.2, -0.15) is 0 Å². The first-order valence-electron chi connectivity index (χ1n) is 3.82. The molecular weight excluding hydrogens is 122 g/mol. The molecular formula is C9H11N. The summed E-state index contributed by atoms with van der Waals surface area (Å²) in [4.78, 5) is 0. The van der Waals surface area contributed by atoms with Crippen molar-refractivity contribution in [2.75, 3.05) is 6.54 Å². The average Bonchev–Trinajstić information content (AvgIpc) is 2.05. The fourth-order valence-electron chi connectivity index (χ4n) is 1.51. The Morgan fingerprint density at radius 1 is 1.60 bits per heavy atom. The summed E-state index contributed by atoms with van der Waals surface area (Å²) < 4.78 is 0. The number of nitrogens with one attached hydrogen (secondary N) is 1. The molecule has 1 fully saturated rings. The predicted molar refractivity (Wildman–Crippen MR) is 41.2 cm³/mol. The summed E-state index contributed by atoms with van der Waals surface area (Å²) in [5, 5.41) is 3.13. The maximum Gasteiger partial charge on any atom is 0.0892 e. The molecule has 1 aliphatic heterocycles. The van der Waals surface area contributed by atoms with E-state index in [9.17, 15) is 0 Å². The molecule has 1 heteroatoms. The van der Waals surface area contributed by atoms with Gasteiger partial charge in [-0.05, 0) is 30.9 Å². The third-order valence-electron chi connectivity index (χ3n) is 2.12. The Morgan fingerprint density at radius 3 is 3.50 bits per heavy atom. The number of rotatable bonds is 0. The highest BCUT2D eigenvalue weighted by atomic mass is 14.9. The Kier molecular flexibility index (Phi) is 1.60. The molecule has 1 aliphatic carbocycles. The summed E-state index contributed by atoms with van der Waals surface area (Å²) in [5.74, 6) is 0.756. The zero-order chi connectivity index (χ0) is 6.81. The van der Waals surface area contributed by atoms with Crippen LogP contribution in [0.1, 0.15) is 12.8 Å². The van der Waals surface area contributed by atoms with Gasteiger partial charge in [0.1, 0.15) is 0 Å². The number of fused-ring (bicyclic) bond motifs is 1. The second-order valence-corrected chi connectivity index (χ2v) is 2.82. The molecule has 52 valence electrons. The molecule has 0 saturated carbocycles. The van der Waals surface area contributed by atoms with E-state index in [-0.39, 0.29) is 0 Å². The van der Waals surface area contributed by atoms with E-state index in [0.717, 1.165) is 12.5 Å². The monoisotopic (exact) mass is 133 g/mol. The van der Waals surface area contributed by atoms with Gasteiger partial charge in [-0.15, -0.1) is 0 Å². The van der Waals surface area contributed by atoms with Crippen molar-refractivity contribution >= 4 is 0 Å². The lowest BCUT2D eigenvalue weighted by molar-refractivity contribution is 0.499. The van der Waals surface area contributed by atoms with E-state index in [1.165, 1.54) is 18.4 Å². The maximum atomic E-state index is 3.18. The van der Waals surface area contributed by atoms with Crippen LogP contribution >= 0.6 is 0 Å². The molecule has 0 bridgehead atoms. The first-order valence-corrected chi connectivity index (χ1v) is 3.82. The number of allylic oxidation sites excluding steroid dienone is 3. The molecule has 1 nitrogen and oxygen atoms in total. The van der Waals surface area contributed by atoms with Gasteiger partial charge in [-0.25, -0.2) is 0 Å². The molecule has 1 unspecified atom stereocenters. The van der Waals surface area contributed by atoms with Gasteiger partial charge < -0.3 is 5.32 Å². The van der Waals surface area contributed by atoms with Crippen molar-refractivity contribution in [3.8, 4) is 0 Å². The van der Waals surface area contributed by atoms with Crippen molar-refractivity contribution in [3.63, 3.8) is 0 Å². The van der Waals surface area contributed by atoms with Crippen molar-refractivity contribution in [3.05, 3.63) is 30.3 Å². The first kappa shape index (κ1) is 6.17. The van der Waals surface area contributed by atoms with Crippen LogP contribution in [0.25, 0.3) is 0 Å². The topological polar surface area (TPSA) is 12.0 Å². The Hall–Kier alpha value is -0.560. The van der Waals surface area contributed by atoms with E-state index in [2.05, 4.69) is 30.1 Å². The SMILES string of the molecule is [C]1NCCC2CC=CC=C12. The summed E-state index contributed by atoms with van der Waals surface area (Å²) in [7, 11) is 0. The van der Waals surface area contributed by atoms with Crippen LogP contribution in [-0.2, 0) is 0 Å². The minimum atomic E-state index is 0.756. The van der Waals surface area contributed by atoms with Gasteiger partial charge in [0, 0.05) is 0 Å². The summed E-state index contributed by atoms with van der Waals surface area (Å²) in [6.45, 7) is 4.27. The third-order valence-corrected chi connectivity index (χ3v) is 2.12. The van der Waals surface area contributed by atoms with Crippen molar-refractivity contribution in [1.29, 1.82) is 0 Å².